The number of rotatable bonds is 8. The van der Waals surface area contributed by atoms with Crippen LogP contribution in [0.15, 0.2) is 60.7 Å². The Morgan fingerprint density at radius 2 is 1.34 bits per heavy atom. The summed E-state index contributed by atoms with van der Waals surface area (Å²) in [6, 6.07) is 15.9. The SMILES string of the molecule is CC1CCC(c2ccc(-c3ccc(C4CCC(C(F)(F)Oc5ccc(OC(F)F)c(F)c5)CC4)c(F)c3)cc2)CC1. The minimum absolute atomic E-state index is 0.0926. The molecule has 3 aromatic carbocycles. The first-order valence-electron chi connectivity index (χ1n) is 14.3. The topological polar surface area (TPSA) is 18.5 Å². The molecular formula is C33H34F6O2. The number of alkyl halides is 4. The van der Waals surface area contributed by atoms with Gasteiger partial charge < -0.3 is 9.47 Å². The van der Waals surface area contributed by atoms with Crippen LogP contribution in [0.1, 0.15) is 81.3 Å². The number of hydrogen-bond donors (Lipinski definition) is 0. The molecule has 3 aromatic rings. The molecule has 2 aliphatic carbocycles. The maximum atomic E-state index is 15.2. The Labute approximate surface area is 236 Å². The number of ether oxygens (including phenoxy) is 2. The predicted molar refractivity (Wildman–Crippen MR) is 146 cm³/mol. The summed E-state index contributed by atoms with van der Waals surface area (Å²) in [5.74, 6) is -2.78. The highest BCUT2D eigenvalue weighted by Gasteiger charge is 2.44. The van der Waals surface area contributed by atoms with Gasteiger partial charge in [0.05, 0.1) is 5.92 Å². The third-order valence-corrected chi connectivity index (χ3v) is 8.75. The average molecular weight is 577 g/mol. The van der Waals surface area contributed by atoms with E-state index in [0.717, 1.165) is 29.2 Å². The minimum atomic E-state index is -3.60. The standard InChI is InChI=1S/C33H34F6O2/c1-20-2-4-21(5-3-20)22-6-8-23(9-7-22)25-12-16-28(29(34)18-25)24-10-13-26(14-11-24)33(38,39)41-27-15-17-31(30(35)19-27)40-32(36)37/h6-9,12,15-21,24,26,32H,2-5,10-11,13-14H2,1H3. The molecular weight excluding hydrogens is 542 g/mol. The maximum absolute atomic E-state index is 15.2. The van der Waals surface area contributed by atoms with E-state index in [9.17, 15) is 22.0 Å². The predicted octanol–water partition coefficient (Wildman–Crippen LogP) is 10.5. The molecule has 0 radical (unpaired) electrons. The van der Waals surface area contributed by atoms with E-state index >= 15 is 4.39 Å². The molecule has 0 heterocycles. The van der Waals surface area contributed by atoms with E-state index < -0.39 is 36.0 Å². The van der Waals surface area contributed by atoms with Gasteiger partial charge in [0.15, 0.2) is 11.6 Å². The number of benzene rings is 3. The average Bonchev–Trinajstić information content (AvgIpc) is 2.95. The molecule has 2 nitrogen and oxygen atoms in total. The molecule has 0 amide bonds. The molecule has 2 fully saturated rings. The summed E-state index contributed by atoms with van der Waals surface area (Å²) in [6.07, 6.45) is 2.19. The van der Waals surface area contributed by atoms with Gasteiger partial charge in [0.2, 0.25) is 0 Å². The second kappa shape index (κ2) is 12.4. The summed E-state index contributed by atoms with van der Waals surface area (Å²) in [7, 11) is 0. The highest BCUT2D eigenvalue weighted by atomic mass is 19.3. The van der Waals surface area contributed by atoms with Crippen LogP contribution >= 0.6 is 0 Å². The summed E-state index contributed by atoms with van der Waals surface area (Å²) in [4.78, 5) is 0. The Hall–Kier alpha value is -3.16. The Bertz CT molecular complexity index is 1310. The van der Waals surface area contributed by atoms with Crippen molar-refractivity contribution in [3.63, 3.8) is 0 Å². The summed E-state index contributed by atoms with van der Waals surface area (Å²) in [5, 5.41) is 0. The van der Waals surface area contributed by atoms with Crippen LogP contribution < -0.4 is 9.47 Å². The fraction of sp³-hybridized carbons (Fsp3) is 0.455. The minimum Gasteiger partial charge on any atom is -0.432 e. The van der Waals surface area contributed by atoms with Gasteiger partial charge in [0.1, 0.15) is 11.6 Å². The first kappa shape index (κ1) is 29.3. The molecule has 0 aliphatic heterocycles. The summed E-state index contributed by atoms with van der Waals surface area (Å²) >= 11 is 0. The van der Waals surface area contributed by atoms with E-state index in [0.29, 0.717) is 30.4 Å². The lowest BCUT2D eigenvalue weighted by molar-refractivity contribution is -0.222. The molecule has 0 unspecified atom stereocenters. The van der Waals surface area contributed by atoms with Crippen LogP contribution in [0.2, 0.25) is 0 Å². The van der Waals surface area contributed by atoms with Crippen LogP contribution in [0, 0.1) is 23.5 Å². The van der Waals surface area contributed by atoms with Gasteiger partial charge in [0.25, 0.3) is 0 Å². The molecule has 41 heavy (non-hydrogen) atoms. The fourth-order valence-corrected chi connectivity index (χ4v) is 6.30. The van der Waals surface area contributed by atoms with Crippen molar-refractivity contribution in [2.75, 3.05) is 0 Å². The molecule has 220 valence electrons. The van der Waals surface area contributed by atoms with Gasteiger partial charge in [-0.15, -0.1) is 0 Å². The largest absolute Gasteiger partial charge is 0.432 e. The van der Waals surface area contributed by atoms with Crippen LogP contribution in [-0.4, -0.2) is 12.7 Å². The van der Waals surface area contributed by atoms with Gasteiger partial charge >= 0.3 is 12.7 Å². The molecule has 0 saturated heterocycles. The zero-order chi connectivity index (χ0) is 29.1. The number of hydrogen-bond acceptors (Lipinski definition) is 2. The van der Waals surface area contributed by atoms with E-state index in [2.05, 4.69) is 23.8 Å². The van der Waals surface area contributed by atoms with E-state index in [1.165, 1.54) is 37.3 Å². The van der Waals surface area contributed by atoms with Gasteiger partial charge in [-0.05, 0) is 96.7 Å². The zero-order valence-corrected chi connectivity index (χ0v) is 22.9. The first-order valence-corrected chi connectivity index (χ1v) is 14.3. The van der Waals surface area contributed by atoms with E-state index in [-0.39, 0.29) is 24.6 Å². The van der Waals surface area contributed by atoms with Crippen molar-refractivity contribution in [2.45, 2.75) is 82.8 Å². The summed E-state index contributed by atoms with van der Waals surface area (Å²) in [6.45, 7) is -0.937. The molecule has 5 rings (SSSR count). The molecule has 2 saturated carbocycles. The lowest BCUT2D eigenvalue weighted by Crippen LogP contribution is -2.37. The lowest BCUT2D eigenvalue weighted by atomic mass is 9.77. The van der Waals surface area contributed by atoms with E-state index in [1.54, 1.807) is 6.07 Å². The highest BCUT2D eigenvalue weighted by molar-refractivity contribution is 5.64. The second-order valence-corrected chi connectivity index (χ2v) is 11.5. The van der Waals surface area contributed by atoms with E-state index in [4.69, 9.17) is 4.74 Å². The highest BCUT2D eigenvalue weighted by Crippen LogP contribution is 2.44. The normalized spacial score (nSPS) is 23.4. The molecule has 0 N–H and O–H groups in total. The molecule has 0 bridgehead atoms. The van der Waals surface area contributed by atoms with Crippen molar-refractivity contribution < 1.29 is 35.8 Å². The summed E-state index contributed by atoms with van der Waals surface area (Å²) < 4.78 is 92.3. The van der Waals surface area contributed by atoms with Crippen molar-refractivity contribution in [2.24, 2.45) is 11.8 Å². The zero-order valence-electron chi connectivity index (χ0n) is 22.9. The third kappa shape index (κ3) is 7.02. The van der Waals surface area contributed by atoms with E-state index in [1.807, 2.05) is 18.2 Å². The fourth-order valence-electron chi connectivity index (χ4n) is 6.30. The Kier molecular flexibility index (Phi) is 8.85. The van der Waals surface area contributed by atoms with Crippen molar-refractivity contribution in [1.29, 1.82) is 0 Å². The lowest BCUT2D eigenvalue weighted by Gasteiger charge is -2.33. The van der Waals surface area contributed by atoms with Gasteiger partial charge in [-0.1, -0.05) is 56.2 Å². The molecule has 0 spiro atoms. The van der Waals surface area contributed by atoms with Gasteiger partial charge in [0, 0.05) is 6.07 Å². The van der Waals surface area contributed by atoms with Crippen LogP contribution in [0.4, 0.5) is 26.3 Å². The third-order valence-electron chi connectivity index (χ3n) is 8.75. The van der Waals surface area contributed by atoms with Crippen LogP contribution in [-0.2, 0) is 0 Å². The Balaban J connectivity index is 1.18. The smallest absolute Gasteiger partial charge is 0.400 e. The monoisotopic (exact) mass is 576 g/mol. The molecule has 8 heteroatoms. The Morgan fingerprint density at radius 1 is 0.707 bits per heavy atom. The maximum Gasteiger partial charge on any atom is 0.400 e. The van der Waals surface area contributed by atoms with Gasteiger partial charge in [-0.25, -0.2) is 8.78 Å². The van der Waals surface area contributed by atoms with Crippen molar-refractivity contribution >= 4 is 0 Å². The number of halogens is 6. The molecule has 0 aromatic heterocycles. The first-order chi connectivity index (χ1) is 19.6. The van der Waals surface area contributed by atoms with Gasteiger partial charge in [-0.2, -0.15) is 17.6 Å². The molecule has 0 atom stereocenters. The Morgan fingerprint density at radius 3 is 1.95 bits per heavy atom. The van der Waals surface area contributed by atoms with Crippen LogP contribution in [0.25, 0.3) is 11.1 Å². The van der Waals surface area contributed by atoms with Crippen LogP contribution in [0.3, 0.4) is 0 Å². The summed E-state index contributed by atoms with van der Waals surface area (Å²) in [5.41, 5.74) is 3.56. The van der Waals surface area contributed by atoms with Crippen LogP contribution in [0.5, 0.6) is 11.5 Å². The van der Waals surface area contributed by atoms with Crippen molar-refractivity contribution in [1.82, 2.24) is 0 Å². The molecule has 2 aliphatic rings. The van der Waals surface area contributed by atoms with Crippen molar-refractivity contribution in [3.05, 3.63) is 83.4 Å². The van der Waals surface area contributed by atoms with Crippen molar-refractivity contribution in [3.8, 4) is 22.6 Å². The van der Waals surface area contributed by atoms with Gasteiger partial charge in [-0.3, -0.25) is 0 Å². The second-order valence-electron chi connectivity index (χ2n) is 11.5. The quantitative estimate of drug-likeness (QED) is 0.248.